The zero-order valence-electron chi connectivity index (χ0n) is 6.80. The third-order valence-corrected chi connectivity index (χ3v) is 26.0. The van der Waals surface area contributed by atoms with Gasteiger partial charge in [-0.15, -0.1) is 0 Å². The quantitative estimate of drug-likeness (QED) is 0.573. The maximum atomic E-state index is 2.52. The summed E-state index contributed by atoms with van der Waals surface area (Å²) in [6, 6.07) is 0. The molecule has 0 aliphatic carbocycles. The first-order chi connectivity index (χ1) is 5.20. The van der Waals surface area contributed by atoms with Crippen molar-refractivity contribution < 1.29 is 0 Å². The Hall–Kier alpha value is 0.908. The third kappa shape index (κ3) is 1.29. The minimum atomic E-state index is -0.209. The van der Waals surface area contributed by atoms with Crippen molar-refractivity contribution >= 4 is 40.5 Å². The minimum absolute atomic E-state index is 0.209. The predicted octanol–water partition coefficient (Wildman–Crippen LogP) is 0.862. The molecule has 0 amide bonds. The van der Waals surface area contributed by atoms with E-state index in [0.717, 1.165) is 26.3 Å². The van der Waals surface area contributed by atoms with Crippen molar-refractivity contribution in [1.82, 2.24) is 0 Å². The molecule has 0 saturated heterocycles. The van der Waals surface area contributed by atoms with Crippen LogP contribution >= 0.6 is 0 Å². The first-order valence-corrected chi connectivity index (χ1v) is 14.9. The molecule has 11 heavy (non-hydrogen) atoms. The Kier molecular flexibility index (Phi) is 2.32. The Balaban J connectivity index is 2.47. The summed E-state index contributed by atoms with van der Waals surface area (Å²) in [5, 5.41) is 0. The van der Waals surface area contributed by atoms with Crippen LogP contribution in [-0.2, 0) is 0 Å². The third-order valence-electron chi connectivity index (χ3n) is 1.91. The van der Waals surface area contributed by atoms with E-state index < -0.39 is 0 Å². The van der Waals surface area contributed by atoms with Gasteiger partial charge in [0.05, 0.1) is 0 Å². The van der Waals surface area contributed by atoms with Gasteiger partial charge in [-0.3, -0.25) is 0 Å². The SMILES string of the molecule is CC1=C[Se][Se]2=C1C(C)=C(C)[Se]2. The standard InChI is InChI=1S/C8H10Se3/c1-5-4-9-11-8(5)6(2)7(3)10-11/h4H,1-3H3. The molecule has 0 aromatic heterocycles. The fourth-order valence-electron chi connectivity index (χ4n) is 1.17. The molecule has 0 spiro atoms. The van der Waals surface area contributed by atoms with Gasteiger partial charge in [0.1, 0.15) is 0 Å². The molecule has 2 rings (SSSR count). The van der Waals surface area contributed by atoms with Crippen molar-refractivity contribution in [3.05, 3.63) is 20.6 Å². The molecular formula is C8H10Se3. The van der Waals surface area contributed by atoms with Gasteiger partial charge in [0, 0.05) is 0 Å². The van der Waals surface area contributed by atoms with Crippen LogP contribution < -0.4 is 0 Å². The molecule has 2 aliphatic heterocycles. The van der Waals surface area contributed by atoms with Gasteiger partial charge in [-0.25, -0.2) is 0 Å². The van der Waals surface area contributed by atoms with Crippen LogP contribution in [0, 0.1) is 0 Å². The zero-order chi connectivity index (χ0) is 8.01. The maximum absolute atomic E-state index is 2.52. The van der Waals surface area contributed by atoms with Crippen molar-refractivity contribution in [1.29, 1.82) is 0 Å². The fourth-order valence-corrected chi connectivity index (χ4v) is 30.1. The van der Waals surface area contributed by atoms with E-state index in [2.05, 4.69) is 25.7 Å². The summed E-state index contributed by atoms with van der Waals surface area (Å²) in [6.45, 7) is 6.97. The Morgan fingerprint density at radius 2 is 2.00 bits per heavy atom. The molecule has 2 heterocycles. The number of hydrogen-bond acceptors (Lipinski definition) is 0. The van der Waals surface area contributed by atoms with Crippen LogP contribution in [0.5, 0.6) is 0 Å². The van der Waals surface area contributed by atoms with E-state index in [1.54, 1.807) is 15.6 Å². The van der Waals surface area contributed by atoms with Gasteiger partial charge >= 0.3 is 81.9 Å². The van der Waals surface area contributed by atoms with Crippen LogP contribution in [0.2, 0.25) is 0 Å². The first kappa shape index (κ1) is 8.50. The molecule has 3 heteroatoms. The van der Waals surface area contributed by atoms with Crippen molar-refractivity contribution in [2.75, 3.05) is 0 Å². The van der Waals surface area contributed by atoms with Gasteiger partial charge in [0.25, 0.3) is 0 Å². The first-order valence-electron chi connectivity index (χ1n) is 3.52. The van der Waals surface area contributed by atoms with E-state index in [-0.39, 0.29) is 9.81 Å². The van der Waals surface area contributed by atoms with E-state index in [0.29, 0.717) is 0 Å². The molecular weight excluding hydrogens is 333 g/mol. The molecule has 0 N–H and O–H groups in total. The van der Waals surface area contributed by atoms with Gasteiger partial charge in [-0.1, -0.05) is 0 Å². The van der Waals surface area contributed by atoms with E-state index >= 15 is 0 Å². The van der Waals surface area contributed by atoms with E-state index in [4.69, 9.17) is 0 Å². The second kappa shape index (κ2) is 3.00. The van der Waals surface area contributed by atoms with Gasteiger partial charge in [0.2, 0.25) is 0 Å². The normalized spacial score (nSPS) is 29.5. The number of rotatable bonds is 0. The Morgan fingerprint density at radius 3 is 2.64 bits per heavy atom. The molecule has 0 saturated carbocycles. The zero-order valence-corrected chi connectivity index (χ0v) is 11.9. The van der Waals surface area contributed by atoms with Gasteiger partial charge < -0.3 is 0 Å². The second-order valence-corrected chi connectivity index (χ2v) is 23.8. The van der Waals surface area contributed by atoms with E-state index in [1.165, 1.54) is 0 Å². The number of hydrogen-bond donors (Lipinski definition) is 0. The van der Waals surface area contributed by atoms with Crippen LogP contribution in [0.1, 0.15) is 20.8 Å². The Labute approximate surface area is 81.4 Å². The van der Waals surface area contributed by atoms with E-state index in [1.807, 2.05) is 4.42 Å². The van der Waals surface area contributed by atoms with Crippen LogP contribution in [0.15, 0.2) is 20.6 Å². The van der Waals surface area contributed by atoms with Crippen molar-refractivity contribution in [3.63, 3.8) is 0 Å². The van der Waals surface area contributed by atoms with E-state index in [9.17, 15) is 0 Å². The molecule has 0 bridgehead atoms. The van der Waals surface area contributed by atoms with Crippen LogP contribution in [-0.4, -0.2) is 40.5 Å². The van der Waals surface area contributed by atoms with Gasteiger partial charge in [-0.05, 0) is 0 Å². The molecule has 0 aromatic rings. The van der Waals surface area contributed by atoms with Crippen molar-refractivity contribution in [2.24, 2.45) is 0 Å². The van der Waals surface area contributed by atoms with Crippen LogP contribution in [0.3, 0.4) is 0 Å². The summed E-state index contributed by atoms with van der Waals surface area (Å²) >= 11 is 1.84. The van der Waals surface area contributed by atoms with Gasteiger partial charge in [0.15, 0.2) is 0 Å². The van der Waals surface area contributed by atoms with Crippen LogP contribution in [0.25, 0.3) is 0 Å². The predicted molar refractivity (Wildman–Crippen MR) is 54.4 cm³/mol. The molecule has 0 aromatic carbocycles. The Morgan fingerprint density at radius 1 is 1.27 bits per heavy atom. The average molecular weight is 343 g/mol. The van der Waals surface area contributed by atoms with Crippen LogP contribution in [0.4, 0.5) is 0 Å². The summed E-state index contributed by atoms with van der Waals surface area (Å²) in [7, 11) is -0.209. The summed E-state index contributed by atoms with van der Waals surface area (Å²) in [5.41, 5.74) is 3.30. The molecule has 1 unspecified atom stereocenters. The topological polar surface area (TPSA) is 0 Å². The number of allylic oxidation sites excluding steroid dienone is 3. The molecule has 1 atom stereocenters. The van der Waals surface area contributed by atoms with Crippen molar-refractivity contribution in [3.8, 4) is 0 Å². The average Bonchev–Trinajstić information content (AvgIpc) is 2.41. The monoisotopic (exact) mass is 346 g/mol. The van der Waals surface area contributed by atoms with Crippen molar-refractivity contribution in [2.45, 2.75) is 20.8 Å². The fraction of sp³-hybridized carbons (Fsp3) is 0.375. The molecule has 2 aliphatic rings. The summed E-state index contributed by atoms with van der Waals surface area (Å²) in [6.07, 6.45) is 0. The summed E-state index contributed by atoms with van der Waals surface area (Å²) < 4.78 is 3.58. The molecule has 0 fully saturated rings. The molecule has 0 nitrogen and oxygen atoms in total. The summed E-state index contributed by atoms with van der Waals surface area (Å²) in [4.78, 5) is 2.52. The Bertz CT molecular complexity index is 307. The van der Waals surface area contributed by atoms with Gasteiger partial charge in [-0.2, -0.15) is 0 Å². The molecule has 60 valence electrons. The molecule has 0 radical (unpaired) electrons. The second-order valence-electron chi connectivity index (χ2n) is 2.73. The summed E-state index contributed by atoms with van der Waals surface area (Å²) in [5.74, 6) is 0.